The van der Waals surface area contributed by atoms with Crippen LogP contribution < -0.4 is 9.62 Å². The minimum atomic E-state index is -3.72. The number of benzene rings is 2. The Morgan fingerprint density at radius 3 is 2.00 bits per heavy atom. The predicted octanol–water partition coefficient (Wildman–Crippen LogP) is 3.27. The van der Waals surface area contributed by atoms with E-state index in [-0.39, 0.29) is 19.0 Å². The highest BCUT2D eigenvalue weighted by molar-refractivity contribution is 7.92. The van der Waals surface area contributed by atoms with Crippen molar-refractivity contribution in [3.63, 3.8) is 0 Å². The lowest BCUT2D eigenvalue weighted by Gasteiger charge is -2.32. The fraction of sp³-hybridized carbons (Fsp3) is 0.440. The molecule has 2 aromatic carbocycles. The Morgan fingerprint density at radius 2 is 1.52 bits per heavy atom. The molecule has 0 aliphatic carbocycles. The first-order chi connectivity index (χ1) is 15.6. The molecule has 0 saturated carbocycles. The first kappa shape index (κ1) is 26.4. The van der Waals surface area contributed by atoms with Gasteiger partial charge < -0.3 is 10.2 Å². The summed E-state index contributed by atoms with van der Waals surface area (Å²) in [6.45, 7) is 7.93. The van der Waals surface area contributed by atoms with E-state index in [1.165, 1.54) is 4.90 Å². The number of nitrogens with zero attached hydrogens (tertiary/aromatic N) is 2. The smallest absolute Gasteiger partial charge is 0.244 e. The van der Waals surface area contributed by atoms with E-state index in [9.17, 15) is 18.0 Å². The van der Waals surface area contributed by atoms with Crippen LogP contribution in [0.15, 0.2) is 48.5 Å². The first-order valence-electron chi connectivity index (χ1n) is 11.3. The van der Waals surface area contributed by atoms with Crippen LogP contribution in [0.25, 0.3) is 0 Å². The Labute approximate surface area is 197 Å². The summed E-state index contributed by atoms with van der Waals surface area (Å²) in [4.78, 5) is 27.7. The number of hydrogen-bond donors (Lipinski definition) is 1. The molecular weight excluding hydrogens is 438 g/mol. The van der Waals surface area contributed by atoms with E-state index in [1.54, 1.807) is 12.1 Å². The van der Waals surface area contributed by atoms with E-state index < -0.39 is 22.0 Å². The summed E-state index contributed by atoms with van der Waals surface area (Å²) in [6, 6.07) is 14.1. The van der Waals surface area contributed by atoms with Gasteiger partial charge in [0.15, 0.2) is 0 Å². The zero-order chi connectivity index (χ0) is 24.6. The van der Waals surface area contributed by atoms with Gasteiger partial charge in [-0.1, -0.05) is 55.8 Å². The van der Waals surface area contributed by atoms with Crippen LogP contribution in [-0.4, -0.2) is 50.5 Å². The summed E-state index contributed by atoms with van der Waals surface area (Å²) in [7, 11) is -3.72. The molecule has 8 heteroatoms. The number of nitrogens with one attached hydrogen (secondary N) is 1. The van der Waals surface area contributed by atoms with Crippen LogP contribution in [0, 0.1) is 6.92 Å². The van der Waals surface area contributed by atoms with Crippen LogP contribution in [0.5, 0.6) is 0 Å². The van der Waals surface area contributed by atoms with Gasteiger partial charge in [-0.15, -0.1) is 0 Å². The highest BCUT2D eigenvalue weighted by Crippen LogP contribution is 2.20. The highest BCUT2D eigenvalue weighted by Gasteiger charge is 2.31. The fourth-order valence-electron chi connectivity index (χ4n) is 3.61. The van der Waals surface area contributed by atoms with Gasteiger partial charge in [0.25, 0.3) is 0 Å². The van der Waals surface area contributed by atoms with Gasteiger partial charge in [-0.05, 0) is 49.9 Å². The molecule has 0 heterocycles. The van der Waals surface area contributed by atoms with Crippen molar-refractivity contribution in [2.24, 2.45) is 0 Å². The van der Waals surface area contributed by atoms with Crippen LogP contribution >= 0.6 is 0 Å². The van der Waals surface area contributed by atoms with Crippen LogP contribution in [-0.2, 0) is 32.6 Å². The van der Waals surface area contributed by atoms with Crippen molar-refractivity contribution in [2.45, 2.75) is 53.1 Å². The zero-order valence-electron chi connectivity index (χ0n) is 20.2. The number of sulfonamides is 1. The summed E-state index contributed by atoms with van der Waals surface area (Å²) in [5.74, 6) is -0.683. The lowest BCUT2D eigenvalue weighted by molar-refractivity contribution is -0.140. The Balaban J connectivity index is 2.40. The van der Waals surface area contributed by atoms with Crippen molar-refractivity contribution < 1.29 is 18.0 Å². The van der Waals surface area contributed by atoms with Crippen LogP contribution in [0.2, 0.25) is 0 Å². The molecule has 0 spiro atoms. The molecule has 0 aromatic heterocycles. The third-order valence-corrected chi connectivity index (χ3v) is 6.66. The molecule has 0 aliphatic rings. The lowest BCUT2D eigenvalue weighted by atomic mass is 10.1. The summed E-state index contributed by atoms with van der Waals surface area (Å²) >= 11 is 0. The summed E-state index contributed by atoms with van der Waals surface area (Å²) in [5.41, 5.74) is 3.45. The standard InChI is InChI=1S/C25H35N3O4S/c1-6-20-13-15-22(16-14-20)28(33(5,31)32)18-24(29)27(23(7-2)25(30)26-8-3)17-21-11-9-19(4)10-12-21/h9-16,23H,6-8,17-18H2,1-5H3,(H,26,30)/t23-/m1/s1. The molecule has 0 radical (unpaired) electrons. The van der Waals surface area contributed by atoms with Crippen molar-refractivity contribution in [3.05, 3.63) is 65.2 Å². The molecule has 0 saturated heterocycles. The molecule has 0 fully saturated rings. The normalized spacial score (nSPS) is 12.2. The van der Waals surface area contributed by atoms with E-state index in [2.05, 4.69) is 5.32 Å². The van der Waals surface area contributed by atoms with Crippen molar-refractivity contribution in [1.82, 2.24) is 10.2 Å². The summed E-state index contributed by atoms with van der Waals surface area (Å²) in [5, 5.41) is 2.79. The molecular formula is C25H35N3O4S. The van der Waals surface area contributed by atoms with Crippen molar-refractivity contribution in [2.75, 3.05) is 23.7 Å². The minimum absolute atomic E-state index is 0.209. The number of aryl methyl sites for hydroxylation is 2. The number of anilines is 1. The maximum Gasteiger partial charge on any atom is 0.244 e. The molecule has 0 aliphatic heterocycles. The van der Waals surface area contributed by atoms with Gasteiger partial charge in [0.2, 0.25) is 21.8 Å². The second-order valence-corrected chi connectivity index (χ2v) is 10.0. The number of carbonyl (C=O) groups excluding carboxylic acids is 2. The summed E-state index contributed by atoms with van der Waals surface area (Å²) in [6.07, 6.45) is 2.32. The SMILES string of the molecule is CCNC(=O)[C@@H](CC)N(Cc1ccc(C)cc1)C(=O)CN(c1ccc(CC)cc1)S(C)(=O)=O. The van der Waals surface area contributed by atoms with Gasteiger partial charge in [-0.2, -0.15) is 0 Å². The van der Waals surface area contributed by atoms with E-state index in [1.807, 2.05) is 64.1 Å². The average Bonchev–Trinajstić information content (AvgIpc) is 2.78. The second-order valence-electron chi connectivity index (χ2n) is 8.12. The van der Waals surface area contributed by atoms with Gasteiger partial charge >= 0.3 is 0 Å². The number of rotatable bonds is 11. The molecule has 2 aromatic rings. The Morgan fingerprint density at radius 1 is 0.939 bits per heavy atom. The number of carbonyl (C=O) groups is 2. The summed E-state index contributed by atoms with van der Waals surface area (Å²) < 4.78 is 26.3. The monoisotopic (exact) mass is 473 g/mol. The van der Waals surface area contributed by atoms with E-state index in [0.717, 1.165) is 33.7 Å². The predicted molar refractivity (Wildman–Crippen MR) is 133 cm³/mol. The topological polar surface area (TPSA) is 86.8 Å². The van der Waals surface area contributed by atoms with Gasteiger partial charge in [0, 0.05) is 13.1 Å². The number of likely N-dealkylation sites (N-methyl/N-ethyl adjacent to an activating group) is 1. The fourth-order valence-corrected chi connectivity index (χ4v) is 4.46. The molecule has 0 bridgehead atoms. The molecule has 180 valence electrons. The molecule has 1 N–H and O–H groups in total. The van der Waals surface area contributed by atoms with Gasteiger partial charge in [-0.3, -0.25) is 13.9 Å². The molecule has 7 nitrogen and oxygen atoms in total. The minimum Gasteiger partial charge on any atom is -0.355 e. The Bertz CT molecular complexity index is 1030. The van der Waals surface area contributed by atoms with Crippen LogP contribution in [0.1, 0.15) is 43.9 Å². The quantitative estimate of drug-likeness (QED) is 0.543. The third-order valence-electron chi connectivity index (χ3n) is 5.52. The second kappa shape index (κ2) is 11.8. The van der Waals surface area contributed by atoms with Gasteiger partial charge in [0.05, 0.1) is 11.9 Å². The number of hydrogen-bond acceptors (Lipinski definition) is 4. The zero-order valence-corrected chi connectivity index (χ0v) is 21.0. The average molecular weight is 474 g/mol. The largest absolute Gasteiger partial charge is 0.355 e. The molecule has 33 heavy (non-hydrogen) atoms. The molecule has 0 unspecified atom stereocenters. The van der Waals surface area contributed by atoms with Gasteiger partial charge in [0.1, 0.15) is 12.6 Å². The third kappa shape index (κ3) is 7.32. The van der Waals surface area contributed by atoms with E-state index >= 15 is 0 Å². The van der Waals surface area contributed by atoms with Gasteiger partial charge in [-0.25, -0.2) is 8.42 Å². The van der Waals surface area contributed by atoms with E-state index in [0.29, 0.717) is 18.7 Å². The van der Waals surface area contributed by atoms with Crippen molar-refractivity contribution in [1.29, 1.82) is 0 Å². The lowest BCUT2D eigenvalue weighted by Crippen LogP contribution is -2.52. The molecule has 2 amide bonds. The molecule has 2 rings (SSSR count). The van der Waals surface area contributed by atoms with Crippen LogP contribution in [0.3, 0.4) is 0 Å². The molecule has 1 atom stereocenters. The first-order valence-corrected chi connectivity index (χ1v) is 13.1. The van der Waals surface area contributed by atoms with Crippen molar-refractivity contribution >= 4 is 27.5 Å². The highest BCUT2D eigenvalue weighted by atomic mass is 32.2. The Kier molecular flexibility index (Phi) is 9.46. The Hall–Kier alpha value is -2.87. The number of amides is 2. The van der Waals surface area contributed by atoms with Crippen molar-refractivity contribution in [3.8, 4) is 0 Å². The maximum atomic E-state index is 13.5. The van der Waals surface area contributed by atoms with Crippen LogP contribution in [0.4, 0.5) is 5.69 Å². The van der Waals surface area contributed by atoms with E-state index in [4.69, 9.17) is 0 Å². The maximum absolute atomic E-state index is 13.5.